The third kappa shape index (κ3) is 8.55. The van der Waals surface area contributed by atoms with Crippen LogP contribution in [0.3, 0.4) is 0 Å². The summed E-state index contributed by atoms with van der Waals surface area (Å²) in [6, 6.07) is 22.9. The van der Waals surface area contributed by atoms with Crippen LogP contribution in [0.2, 0.25) is 10.0 Å². The highest BCUT2D eigenvalue weighted by Crippen LogP contribution is 2.33. The first-order valence-electron chi connectivity index (χ1n) is 16.6. The second-order valence-electron chi connectivity index (χ2n) is 12.7. The van der Waals surface area contributed by atoms with Gasteiger partial charge in [0.1, 0.15) is 0 Å². The standard InChI is InChI=1S/C37H44Cl2N6O2/c1-26-25-47-20-19-43(26)16-2-17-45-35-15-18-44(37(40)46)24-33(35)36(42-45)31-11-14-34(39)30(21-31)10-7-27-3-5-28(6-4-27)22-41-23-29-8-12-32(38)13-9-29/h3-6,8-9,11-14,21,26,41H,2,7,10,15-20,22-25H2,1H3,(H2,40,46)/t26-/m0/s1. The second-order valence-corrected chi connectivity index (χ2v) is 13.5. The van der Waals surface area contributed by atoms with Crippen LogP contribution in [0.1, 0.15) is 46.9 Å². The number of nitrogens with two attached hydrogens (primary N) is 1. The summed E-state index contributed by atoms with van der Waals surface area (Å²) in [6.07, 6.45) is 3.44. The monoisotopic (exact) mass is 674 g/mol. The van der Waals surface area contributed by atoms with Crippen LogP contribution in [0.25, 0.3) is 11.3 Å². The van der Waals surface area contributed by atoms with Crippen molar-refractivity contribution in [2.45, 2.75) is 64.8 Å². The van der Waals surface area contributed by atoms with E-state index < -0.39 is 6.03 Å². The van der Waals surface area contributed by atoms with Gasteiger partial charge in [0.15, 0.2) is 0 Å². The van der Waals surface area contributed by atoms with Crippen molar-refractivity contribution in [3.63, 3.8) is 0 Å². The highest BCUT2D eigenvalue weighted by Gasteiger charge is 2.28. The number of carbonyl (C=O) groups is 1. The number of benzene rings is 3. The first-order valence-corrected chi connectivity index (χ1v) is 17.4. The average Bonchev–Trinajstić information content (AvgIpc) is 3.44. The van der Waals surface area contributed by atoms with E-state index in [1.54, 1.807) is 4.90 Å². The Morgan fingerprint density at radius 1 is 0.957 bits per heavy atom. The highest BCUT2D eigenvalue weighted by molar-refractivity contribution is 6.31. The first kappa shape index (κ1) is 33.5. The molecule has 0 unspecified atom stereocenters. The number of hydrogen-bond acceptors (Lipinski definition) is 5. The van der Waals surface area contributed by atoms with Crippen molar-refractivity contribution in [2.75, 3.05) is 32.8 Å². The molecule has 0 bridgehead atoms. The van der Waals surface area contributed by atoms with Crippen LogP contribution in [0.4, 0.5) is 4.79 Å². The molecule has 0 radical (unpaired) electrons. The summed E-state index contributed by atoms with van der Waals surface area (Å²) in [5, 5.41) is 10.2. The van der Waals surface area contributed by atoms with Crippen molar-refractivity contribution in [1.82, 2.24) is 24.9 Å². The van der Waals surface area contributed by atoms with Crippen LogP contribution >= 0.6 is 23.2 Å². The summed E-state index contributed by atoms with van der Waals surface area (Å²) < 4.78 is 7.77. The quantitative estimate of drug-likeness (QED) is 0.180. The number of amides is 2. The Balaban J connectivity index is 1.11. The van der Waals surface area contributed by atoms with E-state index in [2.05, 4.69) is 52.2 Å². The lowest BCUT2D eigenvalue weighted by Crippen LogP contribution is -2.44. The first-order chi connectivity index (χ1) is 22.8. The number of hydrogen-bond donors (Lipinski definition) is 2. The molecule has 47 heavy (non-hydrogen) atoms. The van der Waals surface area contributed by atoms with E-state index in [1.807, 2.05) is 36.4 Å². The molecule has 2 aliphatic rings. The van der Waals surface area contributed by atoms with E-state index in [-0.39, 0.29) is 0 Å². The Morgan fingerprint density at radius 2 is 1.68 bits per heavy atom. The summed E-state index contributed by atoms with van der Waals surface area (Å²) >= 11 is 12.7. The number of nitrogens with one attached hydrogen (secondary N) is 1. The second kappa shape index (κ2) is 15.7. The van der Waals surface area contributed by atoms with Crippen LogP contribution in [0.5, 0.6) is 0 Å². The van der Waals surface area contributed by atoms with Gasteiger partial charge in [0.05, 0.1) is 25.5 Å². The molecule has 1 saturated heterocycles. The number of aryl methyl sites for hydroxylation is 3. The number of primary amides is 1. The largest absolute Gasteiger partial charge is 0.379 e. The number of urea groups is 1. The number of ether oxygens (including phenoxy) is 1. The molecule has 248 valence electrons. The van der Waals surface area contributed by atoms with E-state index in [0.717, 1.165) is 104 Å². The molecule has 2 amide bonds. The molecule has 8 nitrogen and oxygen atoms in total. The lowest BCUT2D eigenvalue weighted by molar-refractivity contribution is -0.00122. The van der Waals surface area contributed by atoms with Crippen molar-refractivity contribution < 1.29 is 9.53 Å². The molecule has 2 aliphatic heterocycles. The van der Waals surface area contributed by atoms with E-state index in [1.165, 1.54) is 22.4 Å². The van der Waals surface area contributed by atoms with Crippen LogP contribution in [-0.4, -0.2) is 64.5 Å². The molecule has 1 fully saturated rings. The maximum atomic E-state index is 12.1. The molecular formula is C37H44Cl2N6O2. The van der Waals surface area contributed by atoms with Crippen molar-refractivity contribution >= 4 is 29.2 Å². The number of rotatable bonds is 12. The Bertz CT molecular complexity index is 1660. The highest BCUT2D eigenvalue weighted by atomic mass is 35.5. The van der Waals surface area contributed by atoms with Gasteiger partial charge in [-0.2, -0.15) is 5.10 Å². The van der Waals surface area contributed by atoms with E-state index in [4.69, 9.17) is 38.8 Å². The number of nitrogens with zero attached hydrogens (tertiary/aromatic N) is 4. The molecule has 1 atom stereocenters. The van der Waals surface area contributed by atoms with Gasteiger partial charge >= 0.3 is 6.03 Å². The van der Waals surface area contributed by atoms with E-state index in [9.17, 15) is 4.79 Å². The van der Waals surface area contributed by atoms with Crippen molar-refractivity contribution in [1.29, 1.82) is 0 Å². The summed E-state index contributed by atoms with van der Waals surface area (Å²) in [5.41, 5.74) is 14.7. The van der Waals surface area contributed by atoms with E-state index in [0.29, 0.717) is 19.1 Å². The summed E-state index contributed by atoms with van der Waals surface area (Å²) in [4.78, 5) is 16.3. The zero-order chi connectivity index (χ0) is 32.8. The number of carbonyl (C=O) groups excluding carboxylic acids is 1. The van der Waals surface area contributed by atoms with Gasteiger partial charge in [-0.3, -0.25) is 9.58 Å². The third-order valence-electron chi connectivity index (χ3n) is 9.36. The summed E-state index contributed by atoms with van der Waals surface area (Å²) in [7, 11) is 0. The maximum absolute atomic E-state index is 12.1. The third-order valence-corrected chi connectivity index (χ3v) is 9.98. The molecule has 0 spiro atoms. The number of fused-ring (bicyclic) bond motifs is 1. The lowest BCUT2D eigenvalue weighted by atomic mass is 9.97. The van der Waals surface area contributed by atoms with Crippen LogP contribution in [0, 0.1) is 0 Å². The minimum absolute atomic E-state index is 0.393. The van der Waals surface area contributed by atoms with Crippen LogP contribution in [0.15, 0.2) is 66.7 Å². The average molecular weight is 676 g/mol. The minimum Gasteiger partial charge on any atom is -0.379 e. The molecule has 3 aromatic carbocycles. The van der Waals surface area contributed by atoms with Gasteiger partial charge in [-0.15, -0.1) is 0 Å². The molecular weight excluding hydrogens is 631 g/mol. The van der Waals surface area contributed by atoms with Gasteiger partial charge in [0.2, 0.25) is 0 Å². The Morgan fingerprint density at radius 3 is 2.40 bits per heavy atom. The predicted octanol–water partition coefficient (Wildman–Crippen LogP) is 6.48. The molecule has 10 heteroatoms. The summed E-state index contributed by atoms with van der Waals surface area (Å²) in [5.74, 6) is 0. The Hall–Kier alpha value is -3.40. The smallest absolute Gasteiger partial charge is 0.315 e. The topological polar surface area (TPSA) is 88.7 Å². The van der Waals surface area contributed by atoms with Gasteiger partial charge in [0.25, 0.3) is 0 Å². The molecule has 6 rings (SSSR count). The normalized spacial score (nSPS) is 16.7. The number of aromatic nitrogens is 2. The van der Waals surface area contributed by atoms with Gasteiger partial charge in [0, 0.05) is 78.6 Å². The molecule has 3 heterocycles. The fourth-order valence-electron chi connectivity index (χ4n) is 6.58. The fourth-order valence-corrected chi connectivity index (χ4v) is 6.92. The SMILES string of the molecule is C[C@H]1COCCN1CCCn1nc(-c2ccc(Cl)c(CCc3ccc(CNCc4ccc(Cl)cc4)cc3)c2)c2c1CCN(C(N)=O)C2. The Labute approximate surface area is 287 Å². The Kier molecular flexibility index (Phi) is 11.2. The van der Waals surface area contributed by atoms with Gasteiger partial charge in [-0.1, -0.05) is 65.7 Å². The van der Waals surface area contributed by atoms with Crippen molar-refractivity contribution in [3.8, 4) is 11.3 Å². The molecule has 4 aromatic rings. The van der Waals surface area contributed by atoms with E-state index >= 15 is 0 Å². The van der Waals surface area contributed by atoms with Crippen molar-refractivity contribution in [3.05, 3.63) is 110 Å². The van der Waals surface area contributed by atoms with Crippen LogP contribution in [-0.2, 0) is 50.2 Å². The zero-order valence-corrected chi connectivity index (χ0v) is 28.6. The molecule has 0 saturated carbocycles. The molecule has 3 N–H and O–H groups in total. The van der Waals surface area contributed by atoms with Crippen LogP contribution < -0.4 is 11.1 Å². The zero-order valence-electron chi connectivity index (χ0n) is 27.1. The van der Waals surface area contributed by atoms with Crippen molar-refractivity contribution in [2.24, 2.45) is 5.73 Å². The van der Waals surface area contributed by atoms with Gasteiger partial charge in [-0.25, -0.2) is 4.79 Å². The van der Waals surface area contributed by atoms with Gasteiger partial charge < -0.3 is 20.7 Å². The molecule has 0 aliphatic carbocycles. The maximum Gasteiger partial charge on any atom is 0.315 e. The lowest BCUT2D eigenvalue weighted by Gasteiger charge is -2.33. The van der Waals surface area contributed by atoms with Gasteiger partial charge in [-0.05, 0) is 72.7 Å². The fraction of sp³-hybridized carbons (Fsp3) is 0.405. The summed E-state index contributed by atoms with van der Waals surface area (Å²) in [6.45, 7) is 9.29. The molecule has 1 aromatic heterocycles. The number of morpholine rings is 1. The number of halogens is 2. The predicted molar refractivity (Wildman–Crippen MR) is 189 cm³/mol. The minimum atomic E-state index is -0.393.